The van der Waals surface area contributed by atoms with Crippen LogP contribution >= 0.6 is 23.1 Å². The lowest BCUT2D eigenvalue weighted by atomic mass is 10.1. The van der Waals surface area contributed by atoms with Crippen LogP contribution in [-0.4, -0.2) is 21.4 Å². The molecular weight excluding hydrogens is 309 g/mol. The van der Waals surface area contributed by atoms with Crippen LogP contribution in [0, 0.1) is 5.82 Å². The predicted molar refractivity (Wildman–Crippen MR) is 84.3 cm³/mol. The Morgan fingerprint density at radius 2 is 2.05 bits per heavy atom. The molecule has 0 spiro atoms. The van der Waals surface area contributed by atoms with Gasteiger partial charge in [0, 0.05) is 11.7 Å². The molecule has 0 saturated heterocycles. The van der Waals surface area contributed by atoms with Gasteiger partial charge in [0.15, 0.2) is 4.34 Å². The highest BCUT2D eigenvalue weighted by Crippen LogP contribution is 2.28. The molecule has 0 saturated carbocycles. The van der Waals surface area contributed by atoms with Gasteiger partial charge in [-0.1, -0.05) is 49.1 Å². The molecule has 0 fully saturated rings. The number of hydrogen-bond acceptors (Lipinski definition) is 5. The third-order valence-corrected chi connectivity index (χ3v) is 4.47. The first-order valence-corrected chi connectivity index (χ1v) is 8.27. The molecule has 112 valence electrons. The molecule has 0 bridgehead atoms. The van der Waals surface area contributed by atoms with Crippen LogP contribution in [0.3, 0.4) is 0 Å². The summed E-state index contributed by atoms with van der Waals surface area (Å²) in [6.07, 6.45) is 0.899. The van der Waals surface area contributed by atoms with E-state index in [1.165, 1.54) is 23.5 Å². The van der Waals surface area contributed by atoms with Crippen molar-refractivity contribution in [1.82, 2.24) is 10.2 Å². The molecule has 2 rings (SSSR count). The molecule has 0 aliphatic heterocycles. The van der Waals surface area contributed by atoms with E-state index >= 15 is 0 Å². The van der Waals surface area contributed by atoms with Gasteiger partial charge in [0.1, 0.15) is 5.82 Å². The summed E-state index contributed by atoms with van der Waals surface area (Å²) in [6, 6.07) is 6.16. The number of aryl methyl sites for hydroxylation is 1. The summed E-state index contributed by atoms with van der Waals surface area (Å²) in [6.45, 7) is 4.15. The lowest BCUT2D eigenvalue weighted by Crippen LogP contribution is -2.12. The molecular formula is C14H16FN3OS2. The number of carbonyl (C=O) groups is 1. The minimum absolute atomic E-state index is 0.114. The van der Waals surface area contributed by atoms with E-state index in [4.69, 9.17) is 0 Å². The van der Waals surface area contributed by atoms with E-state index < -0.39 is 0 Å². The molecule has 0 unspecified atom stereocenters. The van der Waals surface area contributed by atoms with Gasteiger partial charge in [-0.25, -0.2) is 4.39 Å². The fourth-order valence-corrected chi connectivity index (χ4v) is 3.59. The van der Waals surface area contributed by atoms with E-state index in [9.17, 15) is 9.18 Å². The molecule has 7 heteroatoms. The molecule has 1 heterocycles. The van der Waals surface area contributed by atoms with E-state index in [1.807, 2.05) is 0 Å². The Morgan fingerprint density at radius 3 is 2.71 bits per heavy atom. The normalized spacial score (nSPS) is 10.9. The second kappa shape index (κ2) is 7.51. The number of aromatic nitrogens is 2. The number of benzene rings is 1. The molecule has 1 amide bonds. The SMILES string of the molecule is CC(C)Sc1nnc(NC(=O)CCc2ccc(F)cc2)s1. The summed E-state index contributed by atoms with van der Waals surface area (Å²) < 4.78 is 13.6. The van der Waals surface area contributed by atoms with E-state index in [1.54, 1.807) is 23.9 Å². The van der Waals surface area contributed by atoms with E-state index in [-0.39, 0.29) is 11.7 Å². The average Bonchev–Trinajstić information content (AvgIpc) is 2.84. The third kappa shape index (κ3) is 5.43. The van der Waals surface area contributed by atoms with Crippen LogP contribution in [0.2, 0.25) is 0 Å². The quantitative estimate of drug-likeness (QED) is 0.649. The fourth-order valence-electron chi connectivity index (χ4n) is 1.60. The fraction of sp³-hybridized carbons (Fsp3) is 0.357. The molecule has 1 aromatic heterocycles. The van der Waals surface area contributed by atoms with Gasteiger partial charge in [-0.05, 0) is 24.1 Å². The summed E-state index contributed by atoms with van der Waals surface area (Å²) >= 11 is 2.99. The van der Waals surface area contributed by atoms with Crippen molar-refractivity contribution in [2.75, 3.05) is 5.32 Å². The van der Waals surface area contributed by atoms with Crippen molar-refractivity contribution in [3.8, 4) is 0 Å². The third-order valence-electron chi connectivity index (χ3n) is 2.54. The number of thioether (sulfide) groups is 1. The maximum Gasteiger partial charge on any atom is 0.226 e. The van der Waals surface area contributed by atoms with Crippen molar-refractivity contribution in [1.29, 1.82) is 0 Å². The minimum Gasteiger partial charge on any atom is -0.300 e. The Morgan fingerprint density at radius 1 is 1.33 bits per heavy atom. The number of nitrogens with zero attached hydrogens (tertiary/aromatic N) is 2. The Kier molecular flexibility index (Phi) is 5.69. The van der Waals surface area contributed by atoms with Gasteiger partial charge in [0.25, 0.3) is 0 Å². The highest BCUT2D eigenvalue weighted by molar-refractivity contribution is 8.01. The first kappa shape index (κ1) is 15.9. The minimum atomic E-state index is -0.271. The Labute approximate surface area is 131 Å². The summed E-state index contributed by atoms with van der Waals surface area (Å²) in [7, 11) is 0. The zero-order chi connectivity index (χ0) is 15.2. The molecule has 0 atom stereocenters. The number of anilines is 1. The highest BCUT2D eigenvalue weighted by atomic mass is 32.2. The summed E-state index contributed by atoms with van der Waals surface area (Å²) in [5, 5.41) is 11.6. The highest BCUT2D eigenvalue weighted by Gasteiger charge is 2.10. The lowest BCUT2D eigenvalue weighted by Gasteiger charge is -2.02. The Hall–Kier alpha value is -1.47. The zero-order valence-corrected chi connectivity index (χ0v) is 13.4. The molecule has 1 N–H and O–H groups in total. The second-order valence-corrected chi connectivity index (χ2v) is 7.52. The van der Waals surface area contributed by atoms with Crippen molar-refractivity contribution >= 4 is 34.1 Å². The first-order valence-electron chi connectivity index (χ1n) is 6.57. The summed E-state index contributed by atoms with van der Waals surface area (Å²) in [5.41, 5.74) is 0.930. The number of amides is 1. The van der Waals surface area contributed by atoms with Crippen molar-refractivity contribution < 1.29 is 9.18 Å². The van der Waals surface area contributed by atoms with Crippen LogP contribution in [0.25, 0.3) is 0 Å². The largest absolute Gasteiger partial charge is 0.300 e. The van der Waals surface area contributed by atoms with Crippen molar-refractivity contribution in [2.45, 2.75) is 36.3 Å². The topological polar surface area (TPSA) is 54.9 Å². The molecule has 0 radical (unpaired) electrons. The van der Waals surface area contributed by atoms with Crippen LogP contribution in [-0.2, 0) is 11.2 Å². The predicted octanol–water partition coefficient (Wildman–Crippen LogP) is 3.75. The smallest absolute Gasteiger partial charge is 0.226 e. The molecule has 4 nitrogen and oxygen atoms in total. The van der Waals surface area contributed by atoms with Crippen LogP contribution in [0.1, 0.15) is 25.8 Å². The molecule has 0 aliphatic carbocycles. The van der Waals surface area contributed by atoms with Crippen molar-refractivity contribution in [3.05, 3.63) is 35.6 Å². The first-order chi connectivity index (χ1) is 10.0. The van der Waals surface area contributed by atoms with Crippen LogP contribution in [0.5, 0.6) is 0 Å². The molecule has 21 heavy (non-hydrogen) atoms. The van der Waals surface area contributed by atoms with Gasteiger partial charge in [-0.3, -0.25) is 4.79 Å². The van der Waals surface area contributed by atoms with E-state index in [0.717, 1.165) is 9.90 Å². The van der Waals surface area contributed by atoms with Crippen LogP contribution < -0.4 is 5.32 Å². The van der Waals surface area contributed by atoms with Crippen LogP contribution in [0.4, 0.5) is 9.52 Å². The van der Waals surface area contributed by atoms with Gasteiger partial charge >= 0.3 is 0 Å². The number of halogens is 1. The lowest BCUT2D eigenvalue weighted by molar-refractivity contribution is -0.116. The van der Waals surface area contributed by atoms with Gasteiger partial charge in [-0.15, -0.1) is 10.2 Å². The zero-order valence-electron chi connectivity index (χ0n) is 11.8. The van der Waals surface area contributed by atoms with Crippen molar-refractivity contribution in [3.63, 3.8) is 0 Å². The maximum absolute atomic E-state index is 12.8. The van der Waals surface area contributed by atoms with Gasteiger partial charge in [0.05, 0.1) is 0 Å². The number of rotatable bonds is 6. The molecule has 1 aromatic carbocycles. The van der Waals surface area contributed by atoms with E-state index in [0.29, 0.717) is 23.2 Å². The monoisotopic (exact) mass is 325 g/mol. The van der Waals surface area contributed by atoms with Crippen LogP contribution in [0.15, 0.2) is 28.6 Å². The Balaban J connectivity index is 1.81. The second-order valence-electron chi connectivity index (χ2n) is 4.71. The van der Waals surface area contributed by atoms with E-state index in [2.05, 4.69) is 29.4 Å². The van der Waals surface area contributed by atoms with Gasteiger partial charge in [-0.2, -0.15) is 0 Å². The standard InChI is InChI=1S/C14H16FN3OS2/c1-9(2)20-14-18-17-13(21-14)16-12(19)8-5-10-3-6-11(15)7-4-10/h3-4,6-7,9H,5,8H2,1-2H3,(H,16,17,19). The number of carbonyl (C=O) groups excluding carboxylic acids is 1. The molecule has 0 aliphatic rings. The maximum atomic E-state index is 12.8. The summed E-state index contributed by atoms with van der Waals surface area (Å²) in [5.74, 6) is -0.385. The average molecular weight is 325 g/mol. The number of nitrogens with one attached hydrogen (secondary N) is 1. The van der Waals surface area contributed by atoms with Crippen molar-refractivity contribution in [2.24, 2.45) is 0 Å². The van der Waals surface area contributed by atoms with Gasteiger partial charge in [0.2, 0.25) is 11.0 Å². The van der Waals surface area contributed by atoms with Gasteiger partial charge < -0.3 is 5.32 Å². The molecule has 2 aromatic rings. The number of hydrogen-bond donors (Lipinski definition) is 1. The summed E-state index contributed by atoms with van der Waals surface area (Å²) in [4.78, 5) is 11.8. The Bertz CT molecular complexity index is 599.